The summed E-state index contributed by atoms with van der Waals surface area (Å²) in [6, 6.07) is 26.0. The third kappa shape index (κ3) is 8.09. The summed E-state index contributed by atoms with van der Waals surface area (Å²) in [7, 11) is 0. The van der Waals surface area contributed by atoms with E-state index in [0.717, 1.165) is 16.7 Å². The Morgan fingerprint density at radius 1 is 0.676 bits per heavy atom. The standard InChI is InChI=1S/C27H28N2O5/c1-20(28-27(32)34-19-23-15-9-4-10-16-23)25(30)29-24(17-21-11-5-2-6-12-21)26(31)33-18-22-13-7-3-8-14-22/h2-16,20,24H,17-19H2,1H3,(H,28,32)(H,29,30)/t20-,24+/m1/s1. The Morgan fingerprint density at radius 2 is 1.15 bits per heavy atom. The van der Waals surface area contributed by atoms with Crippen LogP contribution in [-0.4, -0.2) is 30.1 Å². The second-order valence-corrected chi connectivity index (χ2v) is 7.77. The maximum atomic E-state index is 12.8. The summed E-state index contributed by atoms with van der Waals surface area (Å²) in [5, 5.41) is 5.19. The van der Waals surface area contributed by atoms with Gasteiger partial charge in [-0.25, -0.2) is 9.59 Å². The Balaban J connectivity index is 1.56. The first-order valence-electron chi connectivity index (χ1n) is 11.0. The largest absolute Gasteiger partial charge is 0.459 e. The van der Waals surface area contributed by atoms with E-state index in [1.54, 1.807) is 0 Å². The average Bonchev–Trinajstić information content (AvgIpc) is 2.87. The van der Waals surface area contributed by atoms with Crippen LogP contribution in [0.4, 0.5) is 4.79 Å². The topological polar surface area (TPSA) is 93.7 Å². The minimum atomic E-state index is -0.914. The van der Waals surface area contributed by atoms with Gasteiger partial charge in [-0.2, -0.15) is 0 Å². The molecule has 0 aliphatic heterocycles. The highest BCUT2D eigenvalue weighted by Crippen LogP contribution is 2.08. The smallest absolute Gasteiger partial charge is 0.408 e. The molecule has 0 aliphatic rings. The Kier molecular flexibility index (Phi) is 9.22. The van der Waals surface area contributed by atoms with E-state index in [9.17, 15) is 14.4 Å². The quantitative estimate of drug-likeness (QED) is 0.449. The summed E-state index contributed by atoms with van der Waals surface area (Å²) in [6.45, 7) is 1.71. The number of alkyl carbamates (subject to hydrolysis) is 1. The summed E-state index contributed by atoms with van der Waals surface area (Å²) in [6.07, 6.45) is -0.469. The average molecular weight is 461 g/mol. The van der Waals surface area contributed by atoms with Gasteiger partial charge in [0, 0.05) is 6.42 Å². The van der Waals surface area contributed by atoms with Crippen LogP contribution in [0.15, 0.2) is 91.0 Å². The lowest BCUT2D eigenvalue weighted by Crippen LogP contribution is -2.51. The second kappa shape index (κ2) is 12.8. The number of carbonyl (C=O) groups is 3. The molecule has 176 valence electrons. The zero-order chi connectivity index (χ0) is 24.2. The molecule has 0 spiro atoms. The fourth-order valence-corrected chi connectivity index (χ4v) is 3.18. The Morgan fingerprint density at radius 3 is 1.68 bits per heavy atom. The van der Waals surface area contributed by atoms with Crippen molar-refractivity contribution in [3.63, 3.8) is 0 Å². The van der Waals surface area contributed by atoms with E-state index in [0.29, 0.717) is 0 Å². The van der Waals surface area contributed by atoms with Gasteiger partial charge in [-0.15, -0.1) is 0 Å². The van der Waals surface area contributed by atoms with Gasteiger partial charge in [-0.3, -0.25) is 4.79 Å². The minimum absolute atomic E-state index is 0.0868. The predicted octanol–water partition coefficient (Wildman–Crippen LogP) is 3.77. The molecular weight excluding hydrogens is 432 g/mol. The van der Waals surface area contributed by atoms with E-state index in [1.807, 2.05) is 91.0 Å². The van der Waals surface area contributed by atoms with Crippen molar-refractivity contribution in [2.24, 2.45) is 0 Å². The highest BCUT2D eigenvalue weighted by molar-refractivity contribution is 5.89. The summed E-state index contributed by atoms with van der Waals surface area (Å²) in [5.74, 6) is -1.07. The molecular formula is C27H28N2O5. The van der Waals surface area contributed by atoms with E-state index in [4.69, 9.17) is 9.47 Å². The van der Waals surface area contributed by atoms with E-state index in [1.165, 1.54) is 6.92 Å². The number of hydrogen-bond acceptors (Lipinski definition) is 5. The van der Waals surface area contributed by atoms with Crippen LogP contribution in [0.3, 0.4) is 0 Å². The van der Waals surface area contributed by atoms with Crippen molar-refractivity contribution in [3.05, 3.63) is 108 Å². The number of ether oxygens (including phenoxy) is 2. The van der Waals surface area contributed by atoms with Gasteiger partial charge in [-0.05, 0) is 23.6 Å². The van der Waals surface area contributed by atoms with Gasteiger partial charge in [0.05, 0.1) is 0 Å². The van der Waals surface area contributed by atoms with Gasteiger partial charge in [0.25, 0.3) is 0 Å². The lowest BCUT2D eigenvalue weighted by atomic mass is 10.1. The van der Waals surface area contributed by atoms with Gasteiger partial charge in [0.1, 0.15) is 25.3 Å². The summed E-state index contributed by atoms with van der Waals surface area (Å²) >= 11 is 0. The molecule has 0 unspecified atom stereocenters. The molecule has 3 rings (SSSR count). The molecule has 0 heterocycles. The van der Waals surface area contributed by atoms with Crippen molar-refractivity contribution in [2.45, 2.75) is 38.6 Å². The first kappa shape index (κ1) is 24.5. The highest BCUT2D eigenvalue weighted by Gasteiger charge is 2.26. The summed E-state index contributed by atoms with van der Waals surface area (Å²) in [4.78, 5) is 37.7. The Bertz CT molecular complexity index is 1060. The molecule has 3 aromatic rings. The van der Waals surface area contributed by atoms with Gasteiger partial charge in [0.15, 0.2) is 0 Å². The van der Waals surface area contributed by atoms with Crippen molar-refractivity contribution in [2.75, 3.05) is 0 Å². The first-order chi connectivity index (χ1) is 16.5. The van der Waals surface area contributed by atoms with Gasteiger partial charge in [-0.1, -0.05) is 91.0 Å². The summed E-state index contributed by atoms with van der Waals surface area (Å²) < 4.78 is 10.6. The van der Waals surface area contributed by atoms with E-state index < -0.39 is 30.1 Å². The molecule has 0 radical (unpaired) electrons. The van der Waals surface area contributed by atoms with Crippen LogP contribution < -0.4 is 10.6 Å². The van der Waals surface area contributed by atoms with Crippen molar-refractivity contribution in [1.29, 1.82) is 0 Å². The Hall–Kier alpha value is -4.13. The SMILES string of the molecule is C[C@@H](NC(=O)OCc1ccccc1)C(=O)N[C@@H](Cc1ccccc1)C(=O)OCc1ccccc1. The number of benzene rings is 3. The molecule has 0 bridgehead atoms. The summed E-state index contributed by atoms with van der Waals surface area (Å²) in [5.41, 5.74) is 2.54. The number of rotatable bonds is 10. The van der Waals surface area contributed by atoms with Crippen LogP contribution in [0.1, 0.15) is 23.6 Å². The number of esters is 1. The molecule has 2 N–H and O–H groups in total. The minimum Gasteiger partial charge on any atom is -0.459 e. The van der Waals surface area contributed by atoms with Crippen LogP contribution in [-0.2, 0) is 38.7 Å². The van der Waals surface area contributed by atoms with Gasteiger partial charge < -0.3 is 20.1 Å². The van der Waals surface area contributed by atoms with Crippen LogP contribution in [0, 0.1) is 0 Å². The zero-order valence-corrected chi connectivity index (χ0v) is 19.0. The molecule has 0 saturated carbocycles. The van der Waals surface area contributed by atoms with Crippen LogP contribution >= 0.6 is 0 Å². The monoisotopic (exact) mass is 460 g/mol. The predicted molar refractivity (Wildman–Crippen MR) is 128 cm³/mol. The maximum absolute atomic E-state index is 12.8. The lowest BCUT2D eigenvalue weighted by Gasteiger charge is -2.21. The van der Waals surface area contributed by atoms with Crippen molar-refractivity contribution >= 4 is 18.0 Å². The van der Waals surface area contributed by atoms with Crippen LogP contribution in [0.25, 0.3) is 0 Å². The highest BCUT2D eigenvalue weighted by atomic mass is 16.5. The number of hydrogen-bond donors (Lipinski definition) is 2. The fraction of sp³-hybridized carbons (Fsp3) is 0.222. The van der Waals surface area contributed by atoms with Crippen molar-refractivity contribution in [3.8, 4) is 0 Å². The van der Waals surface area contributed by atoms with Crippen LogP contribution in [0.5, 0.6) is 0 Å². The Labute approximate surface area is 199 Å². The fourth-order valence-electron chi connectivity index (χ4n) is 3.18. The number of nitrogens with one attached hydrogen (secondary N) is 2. The van der Waals surface area contributed by atoms with Gasteiger partial charge in [0.2, 0.25) is 5.91 Å². The van der Waals surface area contributed by atoms with E-state index >= 15 is 0 Å². The van der Waals surface area contributed by atoms with Crippen LogP contribution in [0.2, 0.25) is 0 Å². The zero-order valence-electron chi connectivity index (χ0n) is 19.0. The molecule has 0 fully saturated rings. The molecule has 7 nitrogen and oxygen atoms in total. The maximum Gasteiger partial charge on any atom is 0.408 e. The molecule has 0 aliphatic carbocycles. The molecule has 7 heteroatoms. The second-order valence-electron chi connectivity index (χ2n) is 7.77. The normalized spacial score (nSPS) is 12.1. The lowest BCUT2D eigenvalue weighted by molar-refractivity contribution is -0.149. The number of amides is 2. The number of carbonyl (C=O) groups excluding carboxylic acids is 3. The first-order valence-corrected chi connectivity index (χ1v) is 11.0. The van der Waals surface area contributed by atoms with Crippen molar-refractivity contribution in [1.82, 2.24) is 10.6 Å². The van der Waals surface area contributed by atoms with Gasteiger partial charge >= 0.3 is 12.1 Å². The molecule has 34 heavy (non-hydrogen) atoms. The van der Waals surface area contributed by atoms with Crippen molar-refractivity contribution < 1.29 is 23.9 Å². The molecule has 2 atom stereocenters. The molecule has 2 amide bonds. The third-order valence-corrected chi connectivity index (χ3v) is 5.05. The van der Waals surface area contributed by atoms with E-state index in [2.05, 4.69) is 10.6 Å². The molecule has 3 aromatic carbocycles. The molecule has 0 saturated heterocycles. The third-order valence-electron chi connectivity index (χ3n) is 5.05. The van der Waals surface area contributed by atoms with E-state index in [-0.39, 0.29) is 19.6 Å². The molecule has 0 aromatic heterocycles.